The smallest absolute Gasteiger partial charge is 0.310 e. The second kappa shape index (κ2) is 5.10. The number of aromatic nitrogens is 4. The number of pyridine rings is 2. The van der Waals surface area contributed by atoms with Gasteiger partial charge in [-0.1, -0.05) is 23.2 Å². The molecule has 0 spiro atoms. The second-order valence-corrected chi connectivity index (χ2v) is 5.39. The maximum absolute atomic E-state index is 12.7. The van der Waals surface area contributed by atoms with E-state index in [4.69, 9.17) is 23.2 Å². The minimum absolute atomic E-state index is 0.111. The number of rotatable bonds is 1. The molecule has 3 aromatic heterocycles. The number of fused-ring (bicyclic) bond motifs is 1. The molecule has 0 bridgehead atoms. The van der Waals surface area contributed by atoms with Crippen LogP contribution in [-0.2, 0) is 13.2 Å². The highest BCUT2D eigenvalue weighted by atomic mass is 35.5. The van der Waals surface area contributed by atoms with Crippen LogP contribution >= 0.6 is 23.2 Å². The largest absolute Gasteiger partial charge is 0.417 e. The van der Waals surface area contributed by atoms with Crippen LogP contribution in [0.15, 0.2) is 24.5 Å². The number of imidazole rings is 1. The Morgan fingerprint density at radius 3 is 2.45 bits per heavy atom. The van der Waals surface area contributed by atoms with Gasteiger partial charge in [0.25, 0.3) is 0 Å². The van der Waals surface area contributed by atoms with E-state index in [1.807, 2.05) is 0 Å². The summed E-state index contributed by atoms with van der Waals surface area (Å²) in [6, 6.07) is 2.43. The molecule has 0 aliphatic rings. The minimum Gasteiger partial charge on any atom is -0.310 e. The van der Waals surface area contributed by atoms with Gasteiger partial charge in [0.1, 0.15) is 11.2 Å². The molecule has 9 heteroatoms. The van der Waals surface area contributed by atoms with Crippen LogP contribution in [0.3, 0.4) is 0 Å². The SMILES string of the molecule is Cn1c(-c2ncc(Cl)cc2Cl)nc2cc(C(F)(F)F)cnc21. The Labute approximate surface area is 132 Å². The van der Waals surface area contributed by atoms with Gasteiger partial charge in [0.2, 0.25) is 0 Å². The summed E-state index contributed by atoms with van der Waals surface area (Å²) in [5, 5.41) is 0.604. The third-order valence-electron chi connectivity index (χ3n) is 3.06. The van der Waals surface area contributed by atoms with Gasteiger partial charge in [-0.3, -0.25) is 0 Å². The van der Waals surface area contributed by atoms with E-state index < -0.39 is 11.7 Å². The molecule has 0 atom stereocenters. The van der Waals surface area contributed by atoms with Gasteiger partial charge >= 0.3 is 6.18 Å². The van der Waals surface area contributed by atoms with Crippen molar-refractivity contribution in [3.05, 3.63) is 40.1 Å². The summed E-state index contributed by atoms with van der Waals surface area (Å²) in [5.74, 6) is 0.309. The predicted molar refractivity (Wildman–Crippen MR) is 76.8 cm³/mol. The summed E-state index contributed by atoms with van der Waals surface area (Å²) in [6.45, 7) is 0. The number of nitrogens with zero attached hydrogens (tertiary/aromatic N) is 4. The third kappa shape index (κ3) is 2.50. The van der Waals surface area contributed by atoms with Crippen molar-refractivity contribution in [3.63, 3.8) is 0 Å². The Morgan fingerprint density at radius 2 is 1.82 bits per heavy atom. The highest BCUT2D eigenvalue weighted by Gasteiger charge is 2.31. The molecule has 0 aliphatic carbocycles. The van der Waals surface area contributed by atoms with Crippen LogP contribution in [0.2, 0.25) is 10.0 Å². The molecule has 0 N–H and O–H groups in total. The Bertz CT molecular complexity index is 874. The van der Waals surface area contributed by atoms with Crippen molar-refractivity contribution in [2.24, 2.45) is 7.05 Å². The van der Waals surface area contributed by atoms with E-state index in [1.165, 1.54) is 16.8 Å². The summed E-state index contributed by atoms with van der Waals surface area (Å²) < 4.78 is 39.7. The molecule has 22 heavy (non-hydrogen) atoms. The first-order chi connectivity index (χ1) is 10.3. The van der Waals surface area contributed by atoms with Crippen molar-refractivity contribution in [2.45, 2.75) is 6.18 Å². The summed E-state index contributed by atoms with van der Waals surface area (Å²) >= 11 is 11.8. The minimum atomic E-state index is -4.48. The van der Waals surface area contributed by atoms with Crippen molar-refractivity contribution in [1.82, 2.24) is 19.5 Å². The van der Waals surface area contributed by atoms with E-state index >= 15 is 0 Å². The van der Waals surface area contributed by atoms with E-state index in [0.29, 0.717) is 22.2 Å². The molecule has 3 aromatic rings. The molecular weight excluding hydrogens is 340 g/mol. The van der Waals surface area contributed by atoms with Crippen molar-refractivity contribution in [3.8, 4) is 11.5 Å². The van der Waals surface area contributed by atoms with E-state index in [9.17, 15) is 13.2 Å². The molecule has 4 nitrogen and oxygen atoms in total. The third-order valence-corrected chi connectivity index (χ3v) is 3.55. The van der Waals surface area contributed by atoms with Crippen LogP contribution in [0.1, 0.15) is 5.56 Å². The number of hydrogen-bond acceptors (Lipinski definition) is 3. The maximum Gasteiger partial charge on any atom is 0.417 e. The standard InChI is InChI=1S/C13H7Cl2F3N4/c1-22-11-9(2-6(4-20-11)13(16,17)18)21-12(22)10-8(15)3-7(14)5-19-10/h2-5H,1H3. The van der Waals surface area contributed by atoms with Crippen molar-refractivity contribution in [1.29, 1.82) is 0 Å². The zero-order valence-electron chi connectivity index (χ0n) is 11.0. The Balaban J connectivity index is 2.21. The topological polar surface area (TPSA) is 43.6 Å². The van der Waals surface area contributed by atoms with Crippen LogP contribution in [0.5, 0.6) is 0 Å². The van der Waals surface area contributed by atoms with E-state index in [-0.39, 0.29) is 10.5 Å². The number of halogens is 5. The quantitative estimate of drug-likeness (QED) is 0.657. The molecule has 3 rings (SSSR count). The number of alkyl halides is 3. The summed E-state index contributed by atoms with van der Waals surface area (Å²) in [6.07, 6.45) is -2.32. The van der Waals surface area contributed by atoms with Gasteiger partial charge < -0.3 is 4.57 Å². The van der Waals surface area contributed by atoms with Gasteiger partial charge in [0, 0.05) is 19.4 Å². The van der Waals surface area contributed by atoms with Gasteiger partial charge in [0.15, 0.2) is 11.5 Å². The Morgan fingerprint density at radius 1 is 1.09 bits per heavy atom. The van der Waals surface area contributed by atoms with Crippen LogP contribution in [0.25, 0.3) is 22.7 Å². The Kier molecular flexibility index (Phi) is 3.49. The highest BCUT2D eigenvalue weighted by Crippen LogP contribution is 2.32. The van der Waals surface area contributed by atoms with Crippen LogP contribution in [0.4, 0.5) is 13.2 Å². The van der Waals surface area contributed by atoms with E-state index in [2.05, 4.69) is 15.0 Å². The van der Waals surface area contributed by atoms with E-state index in [1.54, 1.807) is 7.05 Å². The van der Waals surface area contributed by atoms with Gasteiger partial charge in [-0.05, 0) is 12.1 Å². The van der Waals surface area contributed by atoms with Gasteiger partial charge in [-0.25, -0.2) is 15.0 Å². The molecule has 0 radical (unpaired) electrons. The maximum atomic E-state index is 12.7. The average molecular weight is 347 g/mol. The molecule has 0 amide bonds. The molecule has 0 saturated carbocycles. The summed E-state index contributed by atoms with van der Waals surface area (Å²) in [5.41, 5.74) is -0.129. The first kappa shape index (κ1) is 15.1. The fourth-order valence-corrected chi connectivity index (χ4v) is 2.49. The summed E-state index contributed by atoms with van der Waals surface area (Å²) in [4.78, 5) is 12.1. The van der Waals surface area contributed by atoms with E-state index in [0.717, 1.165) is 12.3 Å². The van der Waals surface area contributed by atoms with Gasteiger partial charge in [0.05, 0.1) is 15.6 Å². The first-order valence-electron chi connectivity index (χ1n) is 5.98. The zero-order valence-corrected chi connectivity index (χ0v) is 12.5. The highest BCUT2D eigenvalue weighted by molar-refractivity contribution is 6.35. The van der Waals surface area contributed by atoms with Crippen LogP contribution in [0, 0.1) is 0 Å². The lowest BCUT2D eigenvalue weighted by Gasteiger charge is -2.05. The lowest BCUT2D eigenvalue weighted by Crippen LogP contribution is -2.05. The molecule has 0 aliphatic heterocycles. The molecular formula is C13H7Cl2F3N4. The fourth-order valence-electron chi connectivity index (χ4n) is 2.02. The zero-order chi connectivity index (χ0) is 16.1. The Hall–Kier alpha value is -1.86. The van der Waals surface area contributed by atoms with Crippen molar-refractivity contribution in [2.75, 3.05) is 0 Å². The molecule has 0 unspecified atom stereocenters. The predicted octanol–water partition coefficient (Wildman–Crippen LogP) is 4.36. The second-order valence-electron chi connectivity index (χ2n) is 4.54. The monoisotopic (exact) mass is 346 g/mol. The fraction of sp³-hybridized carbons (Fsp3) is 0.154. The first-order valence-corrected chi connectivity index (χ1v) is 6.74. The molecule has 3 heterocycles. The molecule has 0 aromatic carbocycles. The lowest BCUT2D eigenvalue weighted by molar-refractivity contribution is -0.137. The number of hydrogen-bond donors (Lipinski definition) is 0. The normalized spacial score (nSPS) is 12.1. The van der Waals surface area contributed by atoms with Crippen molar-refractivity contribution < 1.29 is 13.2 Å². The van der Waals surface area contributed by atoms with Crippen LogP contribution < -0.4 is 0 Å². The van der Waals surface area contributed by atoms with Gasteiger partial charge in [-0.2, -0.15) is 13.2 Å². The van der Waals surface area contributed by atoms with Crippen LogP contribution in [-0.4, -0.2) is 19.5 Å². The van der Waals surface area contributed by atoms with Gasteiger partial charge in [-0.15, -0.1) is 0 Å². The molecule has 114 valence electrons. The average Bonchev–Trinajstić information content (AvgIpc) is 2.75. The molecule has 0 fully saturated rings. The van der Waals surface area contributed by atoms with Crippen molar-refractivity contribution >= 4 is 34.4 Å². The summed E-state index contributed by atoms with van der Waals surface area (Å²) in [7, 11) is 1.62. The lowest BCUT2D eigenvalue weighted by atomic mass is 10.2. The molecule has 0 saturated heterocycles. The number of aryl methyl sites for hydroxylation is 1.